The number of oxazole rings is 1. The maximum Gasteiger partial charge on any atom is 0.232 e. The summed E-state index contributed by atoms with van der Waals surface area (Å²) in [5.41, 5.74) is 3.95. The molecule has 29 heavy (non-hydrogen) atoms. The molecule has 0 amide bonds. The number of rotatable bonds is 6. The average Bonchev–Trinajstić information content (AvgIpc) is 3.36. The number of aryl methyl sites for hydroxylation is 1. The number of nitrogens with one attached hydrogen (secondary N) is 1. The van der Waals surface area contributed by atoms with Crippen LogP contribution in [0.25, 0.3) is 16.9 Å². The van der Waals surface area contributed by atoms with Crippen LogP contribution in [0.2, 0.25) is 0 Å². The van der Waals surface area contributed by atoms with Gasteiger partial charge in [0.2, 0.25) is 11.6 Å². The molecule has 2 aromatic heterocycles. The van der Waals surface area contributed by atoms with Crippen LogP contribution in [0.1, 0.15) is 17.1 Å². The van der Waals surface area contributed by atoms with E-state index < -0.39 is 0 Å². The van der Waals surface area contributed by atoms with Crippen molar-refractivity contribution in [2.45, 2.75) is 13.5 Å². The predicted molar refractivity (Wildman–Crippen MR) is 109 cm³/mol. The van der Waals surface area contributed by atoms with E-state index in [4.69, 9.17) is 14.3 Å². The van der Waals surface area contributed by atoms with Gasteiger partial charge in [-0.1, -0.05) is 18.2 Å². The third-order valence-electron chi connectivity index (χ3n) is 4.45. The molecule has 0 atom stereocenters. The van der Waals surface area contributed by atoms with Crippen molar-refractivity contribution in [3.8, 4) is 28.8 Å². The second-order valence-electron chi connectivity index (χ2n) is 6.39. The summed E-state index contributed by atoms with van der Waals surface area (Å²) in [5.74, 6) is 1.59. The second-order valence-corrected chi connectivity index (χ2v) is 6.39. The Morgan fingerprint density at radius 3 is 2.59 bits per heavy atom. The van der Waals surface area contributed by atoms with Crippen LogP contribution in [-0.4, -0.2) is 21.9 Å². The third-order valence-corrected chi connectivity index (χ3v) is 4.45. The Morgan fingerprint density at radius 1 is 1.14 bits per heavy atom. The topological polar surface area (TPSA) is 88.9 Å². The van der Waals surface area contributed by atoms with Crippen LogP contribution >= 0.6 is 0 Å². The predicted octanol–water partition coefficient (Wildman–Crippen LogP) is 4.33. The molecular weight excluding hydrogens is 366 g/mol. The number of hydrogen-bond donors (Lipinski definition) is 1. The van der Waals surface area contributed by atoms with Gasteiger partial charge in [-0.3, -0.25) is 0 Å². The van der Waals surface area contributed by atoms with Gasteiger partial charge in [-0.25, -0.2) is 9.67 Å². The molecule has 0 saturated heterocycles. The van der Waals surface area contributed by atoms with Gasteiger partial charge in [-0.2, -0.15) is 10.4 Å². The molecule has 2 aromatic carbocycles. The molecule has 7 nitrogen and oxygen atoms in total. The van der Waals surface area contributed by atoms with E-state index >= 15 is 0 Å². The fourth-order valence-corrected chi connectivity index (χ4v) is 3.04. The highest BCUT2D eigenvalue weighted by molar-refractivity contribution is 5.65. The number of hydrogen-bond acceptors (Lipinski definition) is 6. The lowest BCUT2D eigenvalue weighted by molar-refractivity contribution is 0.415. The lowest BCUT2D eigenvalue weighted by Gasteiger charge is -2.05. The molecular formula is C22H19N5O2. The van der Waals surface area contributed by atoms with Gasteiger partial charge < -0.3 is 14.5 Å². The van der Waals surface area contributed by atoms with Crippen molar-refractivity contribution in [1.29, 1.82) is 5.26 Å². The van der Waals surface area contributed by atoms with Crippen molar-refractivity contribution < 1.29 is 9.15 Å². The Hall–Kier alpha value is -4.05. The highest BCUT2D eigenvalue weighted by Crippen LogP contribution is 2.27. The Morgan fingerprint density at radius 2 is 1.90 bits per heavy atom. The standard InChI is InChI=1S/C22H19N5O2/c1-15-25-20(12-23)22(29-15)24-13-17-14-27(18-6-4-3-5-7-18)26-21(17)16-8-10-19(28-2)11-9-16/h3-11,14,24H,13H2,1-2H3. The first-order valence-electron chi connectivity index (χ1n) is 9.07. The highest BCUT2D eigenvalue weighted by atomic mass is 16.5. The molecule has 0 bridgehead atoms. The molecule has 4 aromatic rings. The third kappa shape index (κ3) is 3.82. The normalized spacial score (nSPS) is 10.5. The minimum atomic E-state index is 0.240. The molecule has 0 radical (unpaired) electrons. The van der Waals surface area contributed by atoms with E-state index in [1.54, 1.807) is 14.0 Å². The number of aromatic nitrogens is 3. The van der Waals surface area contributed by atoms with Crippen molar-refractivity contribution in [3.63, 3.8) is 0 Å². The molecule has 0 aliphatic rings. The maximum atomic E-state index is 9.22. The van der Waals surface area contributed by atoms with Crippen LogP contribution in [0, 0.1) is 18.3 Å². The van der Waals surface area contributed by atoms with Gasteiger partial charge >= 0.3 is 0 Å². The first kappa shape index (κ1) is 18.3. The summed E-state index contributed by atoms with van der Waals surface area (Å²) in [4.78, 5) is 4.07. The number of methoxy groups -OCH3 is 1. The summed E-state index contributed by atoms with van der Waals surface area (Å²) < 4.78 is 12.6. The quantitative estimate of drug-likeness (QED) is 0.531. The van der Waals surface area contributed by atoms with Gasteiger partial charge in [0.05, 0.1) is 18.5 Å². The zero-order valence-corrected chi connectivity index (χ0v) is 16.1. The van der Waals surface area contributed by atoms with E-state index in [2.05, 4.69) is 10.3 Å². The van der Waals surface area contributed by atoms with Crippen molar-refractivity contribution in [2.75, 3.05) is 12.4 Å². The minimum Gasteiger partial charge on any atom is -0.497 e. The summed E-state index contributed by atoms with van der Waals surface area (Å²) in [7, 11) is 1.64. The highest BCUT2D eigenvalue weighted by Gasteiger charge is 2.15. The van der Waals surface area contributed by atoms with E-state index in [1.807, 2.05) is 71.5 Å². The van der Waals surface area contributed by atoms with Crippen molar-refractivity contribution in [2.24, 2.45) is 0 Å². The Balaban J connectivity index is 1.70. The minimum absolute atomic E-state index is 0.240. The maximum absolute atomic E-state index is 9.22. The molecule has 0 aliphatic heterocycles. The van der Waals surface area contributed by atoms with Crippen molar-refractivity contribution in [3.05, 3.63) is 77.9 Å². The first-order valence-corrected chi connectivity index (χ1v) is 9.07. The number of anilines is 1. The molecule has 0 spiro atoms. The molecule has 144 valence electrons. The fraction of sp³-hybridized carbons (Fsp3) is 0.136. The van der Waals surface area contributed by atoms with Gasteiger partial charge in [0.15, 0.2) is 5.89 Å². The number of para-hydroxylation sites is 1. The number of nitrogens with zero attached hydrogens (tertiary/aromatic N) is 4. The van der Waals surface area contributed by atoms with Crippen LogP contribution in [0.15, 0.2) is 65.2 Å². The second kappa shape index (κ2) is 7.90. The SMILES string of the molecule is COc1ccc(-c2nn(-c3ccccc3)cc2CNc2oc(C)nc2C#N)cc1. The molecule has 7 heteroatoms. The van der Waals surface area contributed by atoms with Gasteiger partial charge in [-0.05, 0) is 36.4 Å². The van der Waals surface area contributed by atoms with Gasteiger partial charge in [-0.15, -0.1) is 0 Å². The summed E-state index contributed by atoms with van der Waals surface area (Å²) >= 11 is 0. The molecule has 4 rings (SSSR count). The largest absolute Gasteiger partial charge is 0.497 e. The van der Waals surface area contributed by atoms with Crippen molar-refractivity contribution in [1.82, 2.24) is 14.8 Å². The Bertz CT molecular complexity index is 1150. The van der Waals surface area contributed by atoms with Gasteiger partial charge in [0.1, 0.15) is 11.8 Å². The smallest absolute Gasteiger partial charge is 0.232 e. The van der Waals surface area contributed by atoms with Crippen LogP contribution < -0.4 is 10.1 Å². The van der Waals surface area contributed by atoms with E-state index in [1.165, 1.54) is 0 Å². The van der Waals surface area contributed by atoms with E-state index in [0.717, 1.165) is 28.3 Å². The average molecular weight is 385 g/mol. The Kier molecular flexibility index (Phi) is 4.99. The van der Waals surface area contributed by atoms with E-state index in [0.29, 0.717) is 18.3 Å². The van der Waals surface area contributed by atoms with Crippen LogP contribution in [-0.2, 0) is 6.54 Å². The summed E-state index contributed by atoms with van der Waals surface area (Å²) in [5, 5.41) is 17.2. The summed E-state index contributed by atoms with van der Waals surface area (Å²) in [6.07, 6.45) is 1.97. The van der Waals surface area contributed by atoms with Gasteiger partial charge in [0.25, 0.3) is 0 Å². The Labute approximate surface area is 168 Å². The summed E-state index contributed by atoms with van der Waals surface area (Å²) in [6.45, 7) is 2.14. The van der Waals surface area contributed by atoms with E-state index in [-0.39, 0.29) is 5.69 Å². The first-order chi connectivity index (χ1) is 14.2. The molecule has 0 aliphatic carbocycles. The lowest BCUT2D eigenvalue weighted by Crippen LogP contribution is -2.00. The number of nitriles is 1. The zero-order valence-electron chi connectivity index (χ0n) is 16.1. The van der Waals surface area contributed by atoms with Crippen LogP contribution in [0.5, 0.6) is 5.75 Å². The summed E-state index contributed by atoms with van der Waals surface area (Å²) in [6, 6.07) is 19.7. The van der Waals surface area contributed by atoms with E-state index in [9.17, 15) is 5.26 Å². The molecule has 0 fully saturated rings. The van der Waals surface area contributed by atoms with Crippen LogP contribution in [0.4, 0.5) is 5.88 Å². The number of benzene rings is 2. The molecule has 2 heterocycles. The molecule has 0 unspecified atom stereocenters. The zero-order chi connectivity index (χ0) is 20.2. The molecule has 1 N–H and O–H groups in total. The lowest BCUT2D eigenvalue weighted by atomic mass is 10.1. The monoisotopic (exact) mass is 385 g/mol. The number of ether oxygens (including phenoxy) is 1. The van der Waals surface area contributed by atoms with Gasteiger partial charge in [0, 0.05) is 30.8 Å². The van der Waals surface area contributed by atoms with Crippen molar-refractivity contribution >= 4 is 5.88 Å². The van der Waals surface area contributed by atoms with Crippen LogP contribution in [0.3, 0.4) is 0 Å². The fourth-order valence-electron chi connectivity index (χ4n) is 3.04. The molecule has 0 saturated carbocycles.